The first-order valence-electron chi connectivity index (χ1n) is 5.76. The normalized spacial score (nSPS) is 25.4. The maximum Gasteiger partial charge on any atom is 0.240 e. The molecule has 2 aliphatic rings. The molecule has 16 heavy (non-hydrogen) atoms. The van der Waals surface area contributed by atoms with Crippen LogP contribution in [-0.2, 0) is 11.3 Å². The van der Waals surface area contributed by atoms with Crippen LogP contribution in [0.25, 0.3) is 0 Å². The van der Waals surface area contributed by atoms with Gasteiger partial charge in [-0.05, 0) is 19.3 Å². The van der Waals surface area contributed by atoms with Gasteiger partial charge in [0, 0.05) is 24.2 Å². The summed E-state index contributed by atoms with van der Waals surface area (Å²) in [6.07, 6.45) is 5.20. The van der Waals surface area contributed by atoms with Crippen LogP contribution in [0.1, 0.15) is 24.3 Å². The van der Waals surface area contributed by atoms with Crippen molar-refractivity contribution in [2.24, 2.45) is 0 Å². The largest absolute Gasteiger partial charge is 0.335 e. The first-order chi connectivity index (χ1) is 7.83. The molecular weight excluding hydrogens is 222 g/mol. The van der Waals surface area contributed by atoms with Crippen LogP contribution in [0.5, 0.6) is 0 Å². The van der Waals surface area contributed by atoms with E-state index in [9.17, 15) is 4.79 Å². The number of rotatable bonds is 4. The van der Waals surface area contributed by atoms with Gasteiger partial charge in [-0.2, -0.15) is 0 Å². The second kappa shape index (κ2) is 4.14. The van der Waals surface area contributed by atoms with E-state index in [1.807, 2.05) is 10.3 Å². The van der Waals surface area contributed by atoms with Crippen molar-refractivity contribution in [3.05, 3.63) is 16.6 Å². The fraction of sp³-hybridized carbons (Fsp3) is 0.636. The van der Waals surface area contributed by atoms with E-state index in [0.717, 1.165) is 18.0 Å². The number of hydrogen-bond acceptors (Lipinski definition) is 4. The highest BCUT2D eigenvalue weighted by Gasteiger charge is 2.35. The second-order valence-corrected chi connectivity index (χ2v) is 5.45. The molecule has 86 valence electrons. The van der Waals surface area contributed by atoms with Gasteiger partial charge in [0.15, 0.2) is 0 Å². The van der Waals surface area contributed by atoms with Crippen molar-refractivity contribution in [3.63, 3.8) is 0 Å². The molecule has 4 nitrogen and oxygen atoms in total. The van der Waals surface area contributed by atoms with E-state index in [-0.39, 0.29) is 11.9 Å². The molecule has 0 aromatic carbocycles. The molecule has 1 atom stereocenters. The SMILES string of the molecule is O=C1C(NC2CC2)CCN1Cc1nccs1. The Balaban J connectivity index is 1.58. The maximum atomic E-state index is 12.0. The zero-order chi connectivity index (χ0) is 11.0. The molecule has 5 heteroatoms. The quantitative estimate of drug-likeness (QED) is 0.849. The molecule has 0 bridgehead atoms. The van der Waals surface area contributed by atoms with Crippen molar-refractivity contribution in [1.29, 1.82) is 0 Å². The molecule has 1 aromatic rings. The smallest absolute Gasteiger partial charge is 0.240 e. The minimum Gasteiger partial charge on any atom is -0.335 e. The Morgan fingerprint density at radius 2 is 2.38 bits per heavy atom. The van der Waals surface area contributed by atoms with Crippen molar-refractivity contribution in [3.8, 4) is 0 Å². The molecular formula is C11H15N3OS. The van der Waals surface area contributed by atoms with Crippen LogP contribution in [0, 0.1) is 0 Å². The van der Waals surface area contributed by atoms with Crippen molar-refractivity contribution in [2.45, 2.75) is 37.9 Å². The number of carbonyl (C=O) groups is 1. The first-order valence-corrected chi connectivity index (χ1v) is 6.64. The number of nitrogens with one attached hydrogen (secondary N) is 1. The fourth-order valence-electron chi connectivity index (χ4n) is 2.08. The summed E-state index contributed by atoms with van der Waals surface area (Å²) in [5, 5.41) is 6.39. The van der Waals surface area contributed by atoms with Gasteiger partial charge in [0.05, 0.1) is 12.6 Å². The Morgan fingerprint density at radius 3 is 3.06 bits per heavy atom. The average Bonchev–Trinajstić information content (AvgIpc) is 2.83. The van der Waals surface area contributed by atoms with Gasteiger partial charge in [-0.3, -0.25) is 4.79 Å². The molecule has 1 saturated heterocycles. The van der Waals surface area contributed by atoms with E-state index < -0.39 is 0 Å². The van der Waals surface area contributed by atoms with Gasteiger partial charge in [-0.25, -0.2) is 4.98 Å². The lowest BCUT2D eigenvalue weighted by Gasteiger charge is -2.15. The molecule has 2 fully saturated rings. The van der Waals surface area contributed by atoms with Crippen LogP contribution >= 0.6 is 11.3 Å². The zero-order valence-electron chi connectivity index (χ0n) is 9.06. The summed E-state index contributed by atoms with van der Waals surface area (Å²) in [6, 6.07) is 0.668. The summed E-state index contributed by atoms with van der Waals surface area (Å²) >= 11 is 1.61. The highest BCUT2D eigenvalue weighted by molar-refractivity contribution is 7.09. The number of nitrogens with zero attached hydrogens (tertiary/aromatic N) is 2. The molecule has 1 amide bonds. The minimum atomic E-state index is 0.0625. The van der Waals surface area contributed by atoms with Gasteiger partial charge in [0.2, 0.25) is 5.91 Å². The highest BCUT2D eigenvalue weighted by atomic mass is 32.1. The van der Waals surface area contributed by atoms with Gasteiger partial charge < -0.3 is 10.2 Å². The third-order valence-electron chi connectivity index (χ3n) is 3.12. The number of aromatic nitrogens is 1. The summed E-state index contributed by atoms with van der Waals surface area (Å²) in [6.45, 7) is 1.54. The molecule has 3 rings (SSSR count). The number of likely N-dealkylation sites (tertiary alicyclic amines) is 1. The average molecular weight is 237 g/mol. The van der Waals surface area contributed by atoms with Crippen LogP contribution in [0.3, 0.4) is 0 Å². The lowest BCUT2D eigenvalue weighted by atomic mass is 10.2. The van der Waals surface area contributed by atoms with Crippen molar-refractivity contribution >= 4 is 17.2 Å². The van der Waals surface area contributed by atoms with Crippen LogP contribution in [-0.4, -0.2) is 34.4 Å². The molecule has 1 aliphatic heterocycles. The Kier molecular flexibility index (Phi) is 2.65. The lowest BCUT2D eigenvalue weighted by Crippen LogP contribution is -2.39. The van der Waals surface area contributed by atoms with E-state index in [2.05, 4.69) is 10.3 Å². The first kappa shape index (κ1) is 10.2. The molecule has 1 aliphatic carbocycles. The van der Waals surface area contributed by atoms with E-state index >= 15 is 0 Å². The summed E-state index contributed by atoms with van der Waals surface area (Å²) in [7, 11) is 0. The van der Waals surface area contributed by atoms with E-state index in [1.54, 1.807) is 17.5 Å². The molecule has 0 radical (unpaired) electrons. The molecule has 0 spiro atoms. The standard InChI is InChI=1S/C11H15N3OS/c15-11-9(13-8-1-2-8)3-5-14(11)7-10-12-4-6-16-10/h4,6,8-9,13H,1-3,5,7H2. The maximum absolute atomic E-state index is 12.0. The number of hydrogen-bond donors (Lipinski definition) is 1. The molecule has 1 aromatic heterocycles. The van der Waals surface area contributed by atoms with E-state index in [4.69, 9.17) is 0 Å². The van der Waals surface area contributed by atoms with Crippen molar-refractivity contribution < 1.29 is 4.79 Å². The summed E-state index contributed by atoms with van der Waals surface area (Å²) < 4.78 is 0. The third kappa shape index (κ3) is 2.10. The lowest BCUT2D eigenvalue weighted by molar-refractivity contribution is -0.129. The summed E-state index contributed by atoms with van der Waals surface area (Å²) in [4.78, 5) is 18.2. The topological polar surface area (TPSA) is 45.2 Å². The van der Waals surface area contributed by atoms with Crippen molar-refractivity contribution in [1.82, 2.24) is 15.2 Å². The van der Waals surface area contributed by atoms with Crippen LogP contribution in [0.2, 0.25) is 0 Å². The van der Waals surface area contributed by atoms with Gasteiger partial charge in [0.1, 0.15) is 5.01 Å². The Labute approximate surface area is 98.7 Å². The predicted octanol–water partition coefficient (Wildman–Crippen LogP) is 0.996. The molecule has 1 saturated carbocycles. The fourth-order valence-corrected chi connectivity index (χ4v) is 2.71. The van der Waals surface area contributed by atoms with E-state index in [0.29, 0.717) is 12.6 Å². The second-order valence-electron chi connectivity index (χ2n) is 4.47. The zero-order valence-corrected chi connectivity index (χ0v) is 9.87. The third-order valence-corrected chi connectivity index (χ3v) is 3.89. The number of carbonyl (C=O) groups excluding carboxylic acids is 1. The van der Waals surface area contributed by atoms with Gasteiger partial charge in [-0.1, -0.05) is 0 Å². The molecule has 1 N–H and O–H groups in total. The Hall–Kier alpha value is -0.940. The van der Waals surface area contributed by atoms with Gasteiger partial charge in [0.25, 0.3) is 0 Å². The monoisotopic (exact) mass is 237 g/mol. The van der Waals surface area contributed by atoms with Gasteiger partial charge >= 0.3 is 0 Å². The molecule has 2 heterocycles. The van der Waals surface area contributed by atoms with Crippen LogP contribution in [0.4, 0.5) is 0 Å². The van der Waals surface area contributed by atoms with Crippen molar-refractivity contribution in [2.75, 3.05) is 6.54 Å². The summed E-state index contributed by atoms with van der Waals surface area (Å²) in [5.41, 5.74) is 0. The van der Waals surface area contributed by atoms with Gasteiger partial charge in [-0.15, -0.1) is 11.3 Å². The Bertz CT molecular complexity index is 375. The van der Waals surface area contributed by atoms with Crippen LogP contribution in [0.15, 0.2) is 11.6 Å². The van der Waals surface area contributed by atoms with E-state index in [1.165, 1.54) is 12.8 Å². The predicted molar refractivity (Wildman–Crippen MR) is 62.1 cm³/mol. The highest BCUT2D eigenvalue weighted by Crippen LogP contribution is 2.23. The summed E-state index contributed by atoms with van der Waals surface area (Å²) in [5.74, 6) is 0.252. The van der Waals surface area contributed by atoms with Crippen LogP contribution < -0.4 is 5.32 Å². The number of amides is 1. The Morgan fingerprint density at radius 1 is 1.50 bits per heavy atom. The minimum absolute atomic E-state index is 0.0625. The number of thiazole rings is 1. The molecule has 1 unspecified atom stereocenters.